The summed E-state index contributed by atoms with van der Waals surface area (Å²) in [7, 11) is 0. The van der Waals surface area contributed by atoms with Crippen LogP contribution < -0.4 is 55.3 Å². The number of halogens is 3. The lowest BCUT2D eigenvalue weighted by atomic mass is 10.1. The molecule has 0 spiro atoms. The number of carbonyl (C=O) groups is 2. The topological polar surface area (TPSA) is 389 Å². The highest BCUT2D eigenvalue weighted by Crippen LogP contribution is 2.39. The molecule has 752 valence electrons. The van der Waals surface area contributed by atoms with E-state index in [9.17, 15) is 9.59 Å². The Balaban J connectivity index is 0.000000130. The number of benzene rings is 3. The number of anilines is 8. The van der Waals surface area contributed by atoms with E-state index in [0.29, 0.717) is 96.2 Å². The molecule has 3 aromatic carbocycles. The minimum atomic E-state index is -0.505. The molecule has 0 atom stereocenters. The van der Waals surface area contributed by atoms with Gasteiger partial charge < -0.3 is 55.3 Å². The second-order valence-corrected chi connectivity index (χ2v) is 36.6. The third-order valence-corrected chi connectivity index (χ3v) is 26.4. The fourth-order valence-corrected chi connectivity index (χ4v) is 18.3. The molecule has 0 unspecified atom stereocenters. The van der Waals surface area contributed by atoms with Crippen LogP contribution in [0.1, 0.15) is 175 Å². The number of para-hydroxylation sites is 3. The Hall–Kier alpha value is -17.4. The van der Waals surface area contributed by atoms with E-state index in [2.05, 4.69) is 96.4 Å². The number of hydrogen-bond acceptors (Lipinski definition) is 18. The van der Waals surface area contributed by atoms with E-state index in [1.165, 1.54) is 172 Å². The summed E-state index contributed by atoms with van der Waals surface area (Å²) in [6.07, 6.45) is 57.7. The Kier molecular flexibility index (Phi) is 39.1. The van der Waals surface area contributed by atoms with Crippen LogP contribution in [-0.4, -0.2) is 119 Å². The van der Waals surface area contributed by atoms with E-state index < -0.39 is 11.8 Å². The first-order valence-electron chi connectivity index (χ1n) is 49.1. The van der Waals surface area contributed by atoms with Gasteiger partial charge in [0, 0.05) is 96.8 Å². The monoisotopic (exact) mass is 2030 g/mol. The SMILES string of the molecule is NC(=O)c1cnn2cccc2c1NC1CCCC1.NC(=O)c1cnn2cccc2c1Nc1ccccc1.NC1CCCC1.NC1CCCCCC1.Nc1ccccc1.[C-]#[N+]c1cnn2cccc2c1Cl.[C-]#[N+]c1cnn2cccc2c1Cl.[C-]#[N+]c1cnn2cccc2c1Cl.[C-]#[N+]c1cnn2cccc2c1NC1CCCC1.[C-]#[N+]c1cnn2cccc2c1NC1CCCCCC1.[C-]#[N+]c1cnn2cccc2c1Nc1ccccc1. The molecule has 5 fully saturated rings. The normalized spacial score (nSPS) is 13.8. The maximum atomic E-state index is 11.5. The summed E-state index contributed by atoms with van der Waals surface area (Å²) in [6.45, 7) is 42.2. The first-order chi connectivity index (χ1) is 72.3. The number of nitrogens with two attached hydrogens (primary N) is 5. The molecule has 2 amide bonds. The van der Waals surface area contributed by atoms with Gasteiger partial charge in [-0.3, -0.25) is 9.59 Å². The van der Waals surface area contributed by atoms with Crippen LogP contribution >= 0.6 is 34.8 Å². The van der Waals surface area contributed by atoms with Gasteiger partial charge >= 0.3 is 0 Å². The Bertz CT molecular complexity index is 7630. The standard InChI is InChI=1S/C15H18N4.C14H12N4O.C14H10N4.C13H16N4O.C13H14N4.3C8H4ClN3.C7H15N.C6H7N.C5H11N/c1-16-13-11-17-19-10-6-9-14(19)15(13)18-12-7-4-2-3-5-8-12;15-14(19)11-9-16-18-8-4-7-12(18)13(11)17-10-5-2-1-3-6-10;1-15-12-10-16-18-9-5-8-13(18)14(12)17-11-6-3-2-4-7-11;14-13(18)10-8-15-17-7-3-6-11(17)12(10)16-9-4-1-2-5-9;1-14-11-9-15-17-8-4-7-12(17)13(11)16-10-5-2-3-6-10;3*1-10-6-5-11-12-4-2-3-7(12)8(6)9;8-7-5-3-1-2-4-6-7;7-6-4-2-1-3-5-6;6-5-3-1-2-4-5/h6,9-12,18H,2-5,7-8H2;1-9,17H,(H2,15,19);2-10,17H;3,6-9,16H,1-2,4-5H2,(H2,14,18);4,7-10,16H,2-3,5-6H2;3*2-5H;7H,1-6,8H2;1-5H,7H2;5H,1-4,6H2. The zero-order chi connectivity index (χ0) is 104. The molecule has 15 N–H and O–H groups in total. The minimum absolute atomic E-state index is 0.370. The number of primary amides is 2. The molecule has 0 aliphatic heterocycles. The number of hydrogen-bond donors (Lipinski definition) is 10. The molecular formula is C111H115Cl3N32O2. The van der Waals surface area contributed by atoms with Crippen molar-refractivity contribution < 1.29 is 9.59 Å². The highest BCUT2D eigenvalue weighted by molar-refractivity contribution is 6.37. The summed E-state index contributed by atoms with van der Waals surface area (Å²) < 4.78 is 13.7. The molecule has 5 aliphatic carbocycles. The van der Waals surface area contributed by atoms with Crippen molar-refractivity contribution in [1.82, 2.24) is 76.9 Å². The van der Waals surface area contributed by atoms with E-state index in [1.807, 2.05) is 228 Å². The zero-order valence-corrected chi connectivity index (χ0v) is 83.9. The summed E-state index contributed by atoms with van der Waals surface area (Å²) in [5.41, 5.74) is 44.9. The summed E-state index contributed by atoms with van der Waals surface area (Å²) in [4.78, 5) is 43.4. The quantitative estimate of drug-likeness (QED) is 0.0308. The number of carbonyl (C=O) groups excluding carboxylic acids is 2. The molecule has 0 saturated heterocycles. The zero-order valence-electron chi connectivity index (χ0n) is 81.7. The van der Waals surface area contributed by atoms with Gasteiger partial charge in [0.2, 0.25) is 34.1 Å². The van der Waals surface area contributed by atoms with Crippen LogP contribution in [-0.2, 0) is 0 Å². The smallest absolute Gasteiger partial charge is 0.252 e. The number of nitrogens with zero attached hydrogens (tertiary/aromatic N) is 22. The molecule has 5 aliphatic rings. The molecule has 16 aromatic heterocycles. The van der Waals surface area contributed by atoms with Gasteiger partial charge in [-0.25, -0.2) is 65.2 Å². The Morgan fingerprint density at radius 2 is 0.493 bits per heavy atom. The number of fused-ring (bicyclic) bond motifs is 8. The fourth-order valence-electron chi connectivity index (χ4n) is 17.6. The first-order valence-corrected chi connectivity index (χ1v) is 50.2. The second-order valence-electron chi connectivity index (χ2n) is 35.5. The van der Waals surface area contributed by atoms with Gasteiger partial charge in [-0.2, -0.15) is 40.8 Å². The number of nitrogen functional groups attached to an aromatic ring is 1. The number of rotatable bonds is 12. The lowest BCUT2D eigenvalue weighted by Crippen LogP contribution is -2.21. The Morgan fingerprint density at radius 1 is 0.270 bits per heavy atom. The molecule has 34 nitrogen and oxygen atoms in total. The highest BCUT2D eigenvalue weighted by atomic mass is 35.5. The number of aromatic nitrogens is 16. The van der Waals surface area contributed by atoms with E-state index in [-0.39, 0.29) is 0 Å². The molecule has 24 rings (SSSR count). The van der Waals surface area contributed by atoms with Crippen LogP contribution in [0.3, 0.4) is 0 Å². The summed E-state index contributed by atoms with van der Waals surface area (Å²) in [5.74, 6) is -0.943. The van der Waals surface area contributed by atoms with Gasteiger partial charge in [0.25, 0.3) is 11.8 Å². The molecule has 0 bridgehead atoms. The summed E-state index contributed by atoms with van der Waals surface area (Å²) in [6, 6.07) is 61.8. The van der Waals surface area contributed by atoms with Crippen LogP contribution in [0.15, 0.2) is 287 Å². The predicted molar refractivity (Wildman–Crippen MR) is 590 cm³/mol. The van der Waals surface area contributed by atoms with Crippen molar-refractivity contribution in [2.45, 2.75) is 184 Å². The van der Waals surface area contributed by atoms with Crippen molar-refractivity contribution in [3.63, 3.8) is 0 Å². The van der Waals surface area contributed by atoms with Gasteiger partial charge in [0.15, 0.2) is 0 Å². The molecule has 0 radical (unpaired) electrons. The number of nitrogens with one attached hydrogen (secondary N) is 5. The summed E-state index contributed by atoms with van der Waals surface area (Å²) in [5, 5.41) is 51.4. The summed E-state index contributed by atoms with van der Waals surface area (Å²) >= 11 is 17.7. The maximum absolute atomic E-state index is 11.5. The van der Waals surface area contributed by atoms with E-state index in [0.717, 1.165) is 96.8 Å². The van der Waals surface area contributed by atoms with Gasteiger partial charge in [0.1, 0.15) is 0 Å². The van der Waals surface area contributed by atoms with Crippen LogP contribution in [0.4, 0.5) is 79.6 Å². The van der Waals surface area contributed by atoms with Crippen molar-refractivity contribution in [2.24, 2.45) is 22.9 Å². The minimum Gasteiger partial charge on any atom is -0.399 e. The Labute approximate surface area is 872 Å². The van der Waals surface area contributed by atoms with Crippen molar-refractivity contribution in [1.29, 1.82) is 0 Å². The van der Waals surface area contributed by atoms with Gasteiger partial charge in [0.05, 0.1) is 188 Å². The molecule has 148 heavy (non-hydrogen) atoms. The fraction of sp³-hybridized carbons (Fsp3) is 0.261. The predicted octanol–water partition coefficient (Wildman–Crippen LogP) is 26.3. The maximum Gasteiger partial charge on any atom is 0.252 e. The molecule has 16 heterocycles. The van der Waals surface area contributed by atoms with Crippen LogP contribution in [0.5, 0.6) is 0 Å². The largest absolute Gasteiger partial charge is 0.399 e. The van der Waals surface area contributed by atoms with Crippen molar-refractivity contribution in [3.8, 4) is 0 Å². The van der Waals surface area contributed by atoms with E-state index in [1.54, 1.807) is 64.3 Å². The van der Waals surface area contributed by atoms with Gasteiger partial charge in [-0.15, -0.1) is 0 Å². The van der Waals surface area contributed by atoms with Crippen molar-refractivity contribution in [3.05, 3.63) is 382 Å². The highest BCUT2D eigenvalue weighted by Gasteiger charge is 2.24. The van der Waals surface area contributed by atoms with E-state index >= 15 is 0 Å². The Morgan fingerprint density at radius 3 is 0.791 bits per heavy atom. The lowest BCUT2D eigenvalue weighted by molar-refractivity contribution is 0.0992. The molecule has 19 aromatic rings. The second kappa shape index (κ2) is 54.4. The third kappa shape index (κ3) is 28.8. The number of amides is 2. The average Bonchev–Trinajstić information content (AvgIpc) is 1.64. The van der Waals surface area contributed by atoms with E-state index in [4.69, 9.17) is 103 Å². The van der Waals surface area contributed by atoms with Gasteiger partial charge in [-0.05, 0) is 198 Å². The van der Waals surface area contributed by atoms with Crippen LogP contribution in [0, 0.1) is 39.4 Å². The first kappa shape index (κ1) is 106. The molecule has 5 saturated carbocycles. The van der Waals surface area contributed by atoms with Crippen LogP contribution in [0.2, 0.25) is 15.1 Å². The molecular weight excluding hydrogens is 1920 g/mol. The molecule has 37 heteroatoms. The average molecular weight is 2040 g/mol. The lowest BCUT2D eigenvalue weighted by Gasteiger charge is -2.19. The van der Waals surface area contributed by atoms with Crippen LogP contribution in [0.25, 0.3) is 73.2 Å². The van der Waals surface area contributed by atoms with Crippen molar-refractivity contribution >= 4 is 170 Å². The van der Waals surface area contributed by atoms with Crippen molar-refractivity contribution in [2.75, 3.05) is 32.3 Å². The third-order valence-electron chi connectivity index (χ3n) is 25.3. The van der Waals surface area contributed by atoms with Gasteiger partial charge in [-0.1, -0.05) is 179 Å².